The molecule has 4 nitrogen and oxygen atoms in total. The summed E-state index contributed by atoms with van der Waals surface area (Å²) in [5.41, 5.74) is 5.47. The van der Waals surface area contributed by atoms with Crippen LogP contribution in [0.15, 0.2) is 24.5 Å². The molecule has 0 fully saturated rings. The number of ether oxygens (including phenoxy) is 1. The second-order valence-corrected chi connectivity index (χ2v) is 4.30. The van der Waals surface area contributed by atoms with E-state index >= 15 is 0 Å². The Labute approximate surface area is 112 Å². The Morgan fingerprint density at radius 2 is 1.71 bits per heavy atom. The largest absolute Gasteiger partial charge is 0.436 e. The Balaban J connectivity index is 2.33. The van der Waals surface area contributed by atoms with Gasteiger partial charge in [0.1, 0.15) is 11.6 Å². The van der Waals surface area contributed by atoms with Gasteiger partial charge in [-0.15, -0.1) is 0 Å². The molecule has 88 valence electrons. The van der Waals surface area contributed by atoms with E-state index in [2.05, 4.69) is 9.97 Å². The van der Waals surface area contributed by atoms with Crippen molar-refractivity contribution >= 4 is 40.6 Å². The lowest BCUT2D eigenvalue weighted by Gasteiger charge is -2.07. The van der Waals surface area contributed by atoms with E-state index in [0.29, 0.717) is 20.8 Å². The number of hydrogen-bond acceptors (Lipinski definition) is 4. The van der Waals surface area contributed by atoms with Crippen LogP contribution in [-0.4, -0.2) is 9.97 Å². The summed E-state index contributed by atoms with van der Waals surface area (Å²) in [6, 6.07) is 2.98. The van der Waals surface area contributed by atoms with Gasteiger partial charge in [-0.1, -0.05) is 34.8 Å². The van der Waals surface area contributed by atoms with Crippen LogP contribution in [0.2, 0.25) is 15.1 Å². The van der Waals surface area contributed by atoms with Crippen molar-refractivity contribution in [2.45, 2.75) is 0 Å². The Morgan fingerprint density at radius 3 is 2.41 bits per heavy atom. The summed E-state index contributed by atoms with van der Waals surface area (Å²) in [5, 5.41) is 1.01. The van der Waals surface area contributed by atoms with Gasteiger partial charge in [0, 0.05) is 6.07 Å². The highest BCUT2D eigenvalue weighted by Crippen LogP contribution is 2.35. The predicted octanol–water partition coefficient (Wildman–Crippen LogP) is 3.81. The fraction of sp³-hybridized carbons (Fsp3) is 0. The molecule has 0 saturated heterocycles. The van der Waals surface area contributed by atoms with Crippen LogP contribution in [0.1, 0.15) is 0 Å². The van der Waals surface area contributed by atoms with Crippen LogP contribution in [0.5, 0.6) is 11.6 Å². The molecule has 17 heavy (non-hydrogen) atoms. The van der Waals surface area contributed by atoms with Gasteiger partial charge >= 0.3 is 0 Å². The molecule has 0 aliphatic rings. The SMILES string of the molecule is Nc1cncc(Oc2cc(Cl)c(Cl)cc2Cl)n1. The predicted molar refractivity (Wildman–Crippen MR) is 68.0 cm³/mol. The van der Waals surface area contributed by atoms with Crippen molar-refractivity contribution in [1.82, 2.24) is 9.97 Å². The normalized spacial score (nSPS) is 10.3. The first-order valence-corrected chi connectivity index (χ1v) is 5.59. The molecule has 0 atom stereocenters. The highest BCUT2D eigenvalue weighted by Gasteiger charge is 2.09. The van der Waals surface area contributed by atoms with Crippen LogP contribution < -0.4 is 10.5 Å². The third kappa shape index (κ3) is 2.91. The lowest BCUT2D eigenvalue weighted by molar-refractivity contribution is 0.461. The van der Waals surface area contributed by atoms with E-state index in [1.54, 1.807) is 0 Å². The Bertz CT molecular complexity index is 562. The minimum atomic E-state index is 0.227. The lowest BCUT2D eigenvalue weighted by Crippen LogP contribution is -1.95. The Morgan fingerprint density at radius 1 is 1.00 bits per heavy atom. The van der Waals surface area contributed by atoms with E-state index in [-0.39, 0.29) is 11.7 Å². The quantitative estimate of drug-likeness (QED) is 0.854. The van der Waals surface area contributed by atoms with Crippen molar-refractivity contribution in [3.05, 3.63) is 39.6 Å². The van der Waals surface area contributed by atoms with Crippen LogP contribution in [0.25, 0.3) is 0 Å². The number of nitrogens with two attached hydrogens (primary N) is 1. The van der Waals surface area contributed by atoms with Gasteiger partial charge in [-0.3, -0.25) is 4.98 Å². The molecule has 0 amide bonds. The lowest BCUT2D eigenvalue weighted by atomic mass is 10.3. The van der Waals surface area contributed by atoms with Crippen molar-refractivity contribution in [2.75, 3.05) is 5.73 Å². The average Bonchev–Trinajstić information content (AvgIpc) is 2.26. The van der Waals surface area contributed by atoms with Gasteiger partial charge in [0.25, 0.3) is 0 Å². The standard InChI is InChI=1S/C10H6Cl3N3O/c11-5-1-7(13)8(2-6(5)12)17-10-4-15-3-9(14)16-10/h1-4H,(H2,14,16). The average molecular weight is 291 g/mol. The van der Waals surface area contributed by atoms with Gasteiger partial charge in [0.2, 0.25) is 5.88 Å². The molecule has 2 rings (SSSR count). The van der Waals surface area contributed by atoms with Gasteiger partial charge in [-0.2, -0.15) is 4.98 Å². The van der Waals surface area contributed by atoms with E-state index < -0.39 is 0 Å². The van der Waals surface area contributed by atoms with Crippen LogP contribution in [-0.2, 0) is 0 Å². The number of nitrogens with zero attached hydrogens (tertiary/aromatic N) is 2. The summed E-state index contributed by atoms with van der Waals surface area (Å²) in [7, 11) is 0. The monoisotopic (exact) mass is 289 g/mol. The second-order valence-electron chi connectivity index (χ2n) is 3.08. The highest BCUT2D eigenvalue weighted by molar-refractivity contribution is 6.43. The molecule has 1 aromatic heterocycles. The molecule has 0 spiro atoms. The fourth-order valence-electron chi connectivity index (χ4n) is 1.11. The minimum Gasteiger partial charge on any atom is -0.436 e. The first-order chi connectivity index (χ1) is 8.06. The third-order valence-electron chi connectivity index (χ3n) is 1.82. The van der Waals surface area contributed by atoms with E-state index in [1.165, 1.54) is 24.5 Å². The third-order valence-corrected chi connectivity index (χ3v) is 2.84. The Hall–Kier alpha value is -1.23. The molecule has 0 radical (unpaired) electrons. The van der Waals surface area contributed by atoms with Crippen molar-refractivity contribution < 1.29 is 4.74 Å². The molecule has 0 bridgehead atoms. The van der Waals surface area contributed by atoms with Gasteiger partial charge < -0.3 is 10.5 Å². The highest BCUT2D eigenvalue weighted by atomic mass is 35.5. The maximum atomic E-state index is 5.94. The summed E-state index contributed by atoms with van der Waals surface area (Å²) in [5.74, 6) is 0.810. The van der Waals surface area contributed by atoms with Gasteiger partial charge in [-0.25, -0.2) is 0 Å². The van der Waals surface area contributed by atoms with Gasteiger partial charge in [0.05, 0.1) is 27.5 Å². The molecule has 7 heteroatoms. The number of benzene rings is 1. The van der Waals surface area contributed by atoms with Gasteiger partial charge in [-0.05, 0) is 6.07 Å². The topological polar surface area (TPSA) is 61.0 Å². The molecule has 1 heterocycles. The molecule has 0 saturated carbocycles. The zero-order valence-corrected chi connectivity index (χ0v) is 10.6. The fourth-order valence-corrected chi connectivity index (χ4v) is 1.68. The summed E-state index contributed by atoms with van der Waals surface area (Å²) >= 11 is 17.6. The first kappa shape index (κ1) is 12.2. The van der Waals surface area contributed by atoms with Crippen LogP contribution >= 0.6 is 34.8 Å². The van der Waals surface area contributed by atoms with E-state index in [9.17, 15) is 0 Å². The number of aromatic nitrogens is 2. The Kier molecular flexibility index (Phi) is 3.57. The van der Waals surface area contributed by atoms with Crippen molar-refractivity contribution in [3.8, 4) is 11.6 Å². The molecular weight excluding hydrogens is 284 g/mol. The van der Waals surface area contributed by atoms with E-state index in [1.807, 2.05) is 0 Å². The molecule has 0 aliphatic carbocycles. The molecule has 0 aliphatic heterocycles. The van der Waals surface area contributed by atoms with E-state index in [0.717, 1.165) is 0 Å². The maximum Gasteiger partial charge on any atom is 0.239 e. The first-order valence-electron chi connectivity index (χ1n) is 4.46. The number of rotatable bonds is 2. The zero-order valence-electron chi connectivity index (χ0n) is 8.32. The molecule has 2 N–H and O–H groups in total. The van der Waals surface area contributed by atoms with Crippen LogP contribution in [0.4, 0.5) is 5.82 Å². The number of halogens is 3. The van der Waals surface area contributed by atoms with Gasteiger partial charge in [0.15, 0.2) is 0 Å². The number of hydrogen-bond donors (Lipinski definition) is 1. The smallest absolute Gasteiger partial charge is 0.239 e. The minimum absolute atomic E-state index is 0.227. The molecule has 1 aromatic carbocycles. The molecule has 0 unspecified atom stereocenters. The maximum absolute atomic E-state index is 5.94. The molecular formula is C10H6Cl3N3O. The van der Waals surface area contributed by atoms with E-state index in [4.69, 9.17) is 45.3 Å². The van der Waals surface area contributed by atoms with Crippen molar-refractivity contribution in [1.29, 1.82) is 0 Å². The summed E-state index contributed by atoms with van der Waals surface area (Å²) in [6.07, 6.45) is 2.82. The number of nitrogen functional groups attached to an aromatic ring is 1. The summed E-state index contributed by atoms with van der Waals surface area (Å²) in [4.78, 5) is 7.76. The molecule has 2 aromatic rings. The van der Waals surface area contributed by atoms with Crippen LogP contribution in [0, 0.1) is 0 Å². The number of anilines is 1. The summed E-state index contributed by atoms with van der Waals surface area (Å²) in [6.45, 7) is 0. The second kappa shape index (κ2) is 4.96. The zero-order chi connectivity index (χ0) is 12.4. The van der Waals surface area contributed by atoms with Crippen molar-refractivity contribution in [3.63, 3.8) is 0 Å². The van der Waals surface area contributed by atoms with Crippen LogP contribution in [0.3, 0.4) is 0 Å². The summed E-state index contributed by atoms with van der Waals surface area (Å²) < 4.78 is 5.40. The van der Waals surface area contributed by atoms with Crippen molar-refractivity contribution in [2.24, 2.45) is 0 Å².